The van der Waals surface area contributed by atoms with Crippen molar-refractivity contribution >= 4 is 28.3 Å². The van der Waals surface area contributed by atoms with Crippen molar-refractivity contribution in [2.24, 2.45) is 5.73 Å². The molecule has 0 spiro atoms. The first kappa shape index (κ1) is 12.9. The maximum Gasteiger partial charge on any atom is 0.137 e. The molecule has 0 aromatic heterocycles. The van der Waals surface area contributed by atoms with Crippen LogP contribution < -0.4 is 5.73 Å². The highest BCUT2D eigenvalue weighted by Gasteiger charge is 2.05. The Hall–Kier alpha value is -0.120. The van der Waals surface area contributed by atoms with Gasteiger partial charge in [0.25, 0.3) is 0 Å². The molecule has 0 heterocycles. The fourth-order valence-corrected chi connectivity index (χ4v) is 1.23. The molecule has 0 fully saturated rings. The Labute approximate surface area is 92.1 Å². The van der Waals surface area contributed by atoms with Crippen LogP contribution >= 0.6 is 28.3 Å². The quantitative estimate of drug-likeness (QED) is 0.874. The average Bonchev–Trinajstić information content (AvgIpc) is 2.08. The fraction of sp³-hybridized carbons (Fsp3) is 0.333. The molecule has 0 aliphatic heterocycles. The van der Waals surface area contributed by atoms with Crippen LogP contribution in [-0.2, 0) is 0 Å². The molecule has 0 saturated heterocycles. The number of hydrogen-bond acceptors (Lipinski definition) is 1. The lowest BCUT2D eigenvalue weighted by molar-refractivity contribution is 0.610. The van der Waals surface area contributed by atoms with E-state index in [9.17, 15) is 4.39 Å². The van der Waals surface area contributed by atoms with Gasteiger partial charge in [-0.3, -0.25) is 0 Å². The largest absolute Gasteiger partial charge is 0.324 e. The first-order chi connectivity index (χ1) is 5.65. The van der Waals surface area contributed by atoms with Crippen LogP contribution in [-0.4, -0.2) is 0 Å². The zero-order chi connectivity index (χ0) is 9.14. The van der Waals surface area contributed by atoms with Crippen LogP contribution in [0.15, 0.2) is 22.7 Å². The van der Waals surface area contributed by atoms with Crippen molar-refractivity contribution in [3.63, 3.8) is 0 Å². The highest BCUT2D eigenvalue weighted by Crippen LogP contribution is 2.20. The van der Waals surface area contributed by atoms with Crippen LogP contribution in [0.25, 0.3) is 0 Å². The Balaban J connectivity index is 0.00000144. The number of nitrogens with two attached hydrogens (primary N) is 1. The third kappa shape index (κ3) is 3.25. The highest BCUT2D eigenvalue weighted by atomic mass is 79.9. The first-order valence-corrected chi connectivity index (χ1v) is 4.65. The molecule has 13 heavy (non-hydrogen) atoms. The van der Waals surface area contributed by atoms with Crippen LogP contribution in [0.2, 0.25) is 0 Å². The van der Waals surface area contributed by atoms with Gasteiger partial charge in [0.15, 0.2) is 0 Å². The summed E-state index contributed by atoms with van der Waals surface area (Å²) in [6.07, 6.45) is 0.821. The maximum absolute atomic E-state index is 13.0. The normalized spacial score (nSPS) is 12.0. The average molecular weight is 269 g/mol. The van der Waals surface area contributed by atoms with Crippen molar-refractivity contribution in [3.05, 3.63) is 34.1 Å². The Morgan fingerprint density at radius 2 is 2.15 bits per heavy atom. The molecule has 2 N–H and O–H groups in total. The van der Waals surface area contributed by atoms with Crippen molar-refractivity contribution in [2.75, 3.05) is 0 Å². The molecule has 4 heteroatoms. The summed E-state index contributed by atoms with van der Waals surface area (Å²) < 4.78 is 13.5. The number of hydrogen-bond donors (Lipinski definition) is 1. The van der Waals surface area contributed by atoms with Crippen molar-refractivity contribution in [2.45, 2.75) is 19.4 Å². The van der Waals surface area contributed by atoms with Crippen LogP contribution in [0.4, 0.5) is 4.39 Å². The zero-order valence-electron chi connectivity index (χ0n) is 7.26. The molecule has 0 aliphatic carbocycles. The molecule has 0 bridgehead atoms. The molecule has 1 rings (SSSR count). The fourth-order valence-electron chi connectivity index (χ4n) is 0.979. The van der Waals surface area contributed by atoms with Gasteiger partial charge in [-0.1, -0.05) is 13.0 Å². The van der Waals surface area contributed by atoms with Crippen molar-refractivity contribution in [3.8, 4) is 0 Å². The molecule has 0 saturated carbocycles. The van der Waals surface area contributed by atoms with Crippen molar-refractivity contribution in [1.29, 1.82) is 0 Å². The van der Waals surface area contributed by atoms with Crippen LogP contribution in [0, 0.1) is 5.82 Å². The minimum atomic E-state index is -0.253. The summed E-state index contributed by atoms with van der Waals surface area (Å²) in [5, 5.41) is 0. The second kappa shape index (κ2) is 5.58. The Bertz CT molecular complexity index is 280. The van der Waals surface area contributed by atoms with E-state index >= 15 is 0 Å². The van der Waals surface area contributed by atoms with Gasteiger partial charge in [-0.05, 0) is 40.0 Å². The topological polar surface area (TPSA) is 26.0 Å². The molecular formula is C9H12BrClFN. The van der Waals surface area contributed by atoms with Crippen LogP contribution in [0.3, 0.4) is 0 Å². The van der Waals surface area contributed by atoms with Gasteiger partial charge in [-0.15, -0.1) is 12.4 Å². The van der Waals surface area contributed by atoms with E-state index in [0.29, 0.717) is 4.47 Å². The summed E-state index contributed by atoms with van der Waals surface area (Å²) in [6.45, 7) is 1.98. The smallest absolute Gasteiger partial charge is 0.137 e. The lowest BCUT2D eigenvalue weighted by Gasteiger charge is -2.08. The molecule has 0 aliphatic rings. The van der Waals surface area contributed by atoms with E-state index < -0.39 is 0 Å². The second-order valence-electron chi connectivity index (χ2n) is 2.69. The molecule has 0 amide bonds. The predicted octanol–water partition coefficient (Wildman–Crippen LogP) is 3.42. The third-order valence-corrected chi connectivity index (χ3v) is 2.45. The summed E-state index contributed by atoms with van der Waals surface area (Å²) in [6, 6.07) is 4.92. The minimum absolute atomic E-state index is 0. The van der Waals surface area contributed by atoms with E-state index in [1.165, 1.54) is 6.07 Å². The van der Waals surface area contributed by atoms with E-state index in [1.54, 1.807) is 6.07 Å². The summed E-state index contributed by atoms with van der Waals surface area (Å²) >= 11 is 3.08. The van der Waals surface area contributed by atoms with Gasteiger partial charge >= 0.3 is 0 Å². The molecule has 1 aromatic carbocycles. The SMILES string of the molecule is CCC(N)c1ccc(Br)c(F)c1.Cl. The van der Waals surface area contributed by atoms with Gasteiger partial charge in [0.1, 0.15) is 5.82 Å². The molecule has 1 aromatic rings. The molecule has 1 atom stereocenters. The van der Waals surface area contributed by atoms with E-state index in [2.05, 4.69) is 15.9 Å². The maximum atomic E-state index is 13.0. The number of rotatable bonds is 2. The number of benzene rings is 1. The summed E-state index contributed by atoms with van der Waals surface area (Å²) in [4.78, 5) is 0. The molecule has 74 valence electrons. The minimum Gasteiger partial charge on any atom is -0.324 e. The summed E-state index contributed by atoms with van der Waals surface area (Å²) in [7, 11) is 0. The van der Waals surface area contributed by atoms with Gasteiger partial charge in [0.2, 0.25) is 0 Å². The molecule has 0 radical (unpaired) electrons. The predicted molar refractivity (Wildman–Crippen MR) is 58.6 cm³/mol. The van der Waals surface area contributed by atoms with Crippen LogP contribution in [0.1, 0.15) is 24.9 Å². The van der Waals surface area contributed by atoms with Crippen molar-refractivity contribution in [1.82, 2.24) is 0 Å². The standard InChI is InChI=1S/C9H11BrFN.ClH/c1-2-9(12)6-3-4-7(10)8(11)5-6;/h3-5,9H,2,12H2,1H3;1H. The van der Waals surface area contributed by atoms with E-state index in [1.807, 2.05) is 13.0 Å². The highest BCUT2D eigenvalue weighted by molar-refractivity contribution is 9.10. The van der Waals surface area contributed by atoms with Gasteiger partial charge in [0, 0.05) is 6.04 Å². The lowest BCUT2D eigenvalue weighted by Crippen LogP contribution is -2.08. The van der Waals surface area contributed by atoms with Gasteiger partial charge in [-0.25, -0.2) is 4.39 Å². The third-order valence-electron chi connectivity index (χ3n) is 1.81. The monoisotopic (exact) mass is 267 g/mol. The number of halogens is 3. The van der Waals surface area contributed by atoms with Crippen molar-refractivity contribution < 1.29 is 4.39 Å². The summed E-state index contributed by atoms with van der Waals surface area (Å²) in [5.74, 6) is -0.253. The first-order valence-electron chi connectivity index (χ1n) is 3.85. The summed E-state index contributed by atoms with van der Waals surface area (Å²) in [5.41, 5.74) is 6.58. The zero-order valence-corrected chi connectivity index (χ0v) is 9.66. The van der Waals surface area contributed by atoms with E-state index in [0.717, 1.165) is 12.0 Å². The van der Waals surface area contributed by atoms with Gasteiger partial charge < -0.3 is 5.73 Å². The molecule has 1 nitrogen and oxygen atoms in total. The second-order valence-corrected chi connectivity index (χ2v) is 3.54. The molecular weight excluding hydrogens is 256 g/mol. The van der Waals surface area contributed by atoms with E-state index in [-0.39, 0.29) is 24.3 Å². The van der Waals surface area contributed by atoms with Gasteiger partial charge in [-0.2, -0.15) is 0 Å². The van der Waals surface area contributed by atoms with Crippen LogP contribution in [0.5, 0.6) is 0 Å². The molecule has 1 unspecified atom stereocenters. The Morgan fingerprint density at radius 1 is 1.54 bits per heavy atom. The Kier molecular flexibility index (Phi) is 5.53. The lowest BCUT2D eigenvalue weighted by atomic mass is 10.1. The van der Waals surface area contributed by atoms with Gasteiger partial charge in [0.05, 0.1) is 4.47 Å². The van der Waals surface area contributed by atoms with E-state index in [4.69, 9.17) is 5.73 Å². The Morgan fingerprint density at radius 3 is 2.62 bits per heavy atom.